The number of carbonyl (C=O) groups is 1. The van der Waals surface area contributed by atoms with Gasteiger partial charge in [-0.3, -0.25) is 10.1 Å². The molecule has 2 atom stereocenters. The number of nitrogens with one attached hydrogen (secondary N) is 1. The summed E-state index contributed by atoms with van der Waals surface area (Å²) in [7, 11) is 0. The molecule has 1 amide bonds. The zero-order valence-electron chi connectivity index (χ0n) is 12.2. The number of aryl methyl sites for hydroxylation is 1. The molecule has 1 aromatic heterocycles. The van der Waals surface area contributed by atoms with E-state index in [0.29, 0.717) is 11.8 Å². The van der Waals surface area contributed by atoms with Crippen molar-refractivity contribution >= 4 is 17.2 Å². The van der Waals surface area contributed by atoms with Crippen molar-refractivity contribution in [3.63, 3.8) is 0 Å². The molecule has 0 bridgehead atoms. The minimum atomic E-state index is -0.203. The maximum atomic E-state index is 12.7. The van der Waals surface area contributed by atoms with Crippen molar-refractivity contribution in [1.82, 2.24) is 10.2 Å². The average molecular weight is 290 g/mol. The van der Waals surface area contributed by atoms with Gasteiger partial charge in [-0.15, -0.1) is 11.3 Å². The van der Waals surface area contributed by atoms with E-state index in [-0.39, 0.29) is 11.7 Å². The summed E-state index contributed by atoms with van der Waals surface area (Å²) in [5, 5.41) is 3.62. The lowest BCUT2D eigenvalue weighted by Gasteiger charge is -2.26. The van der Waals surface area contributed by atoms with Crippen LogP contribution in [-0.4, -0.2) is 22.9 Å². The predicted molar refractivity (Wildman–Crippen MR) is 80.5 cm³/mol. The van der Waals surface area contributed by atoms with Crippen molar-refractivity contribution in [2.75, 3.05) is 6.54 Å². The summed E-state index contributed by atoms with van der Waals surface area (Å²) in [5.74, 6) is 1.84. The van der Waals surface area contributed by atoms with E-state index in [4.69, 9.17) is 0 Å². The number of nitrogens with zero attached hydrogens (tertiary/aromatic N) is 1. The molecule has 3 fully saturated rings. The molecular weight excluding hydrogens is 268 g/mol. The van der Waals surface area contributed by atoms with E-state index in [1.165, 1.54) is 22.6 Å². The fourth-order valence-corrected chi connectivity index (χ4v) is 4.36. The quantitative estimate of drug-likeness (QED) is 0.924. The molecule has 2 aliphatic carbocycles. The summed E-state index contributed by atoms with van der Waals surface area (Å²) >= 11 is 1.81. The minimum Gasteiger partial charge on any atom is -0.320 e. The maximum absolute atomic E-state index is 12.7. The van der Waals surface area contributed by atoms with Gasteiger partial charge in [-0.2, -0.15) is 0 Å². The highest BCUT2D eigenvalue weighted by Gasteiger charge is 2.59. The van der Waals surface area contributed by atoms with Crippen LogP contribution in [0.3, 0.4) is 0 Å². The van der Waals surface area contributed by atoms with Crippen LogP contribution in [0.4, 0.5) is 0 Å². The topological polar surface area (TPSA) is 32.3 Å². The Morgan fingerprint density at radius 2 is 2.20 bits per heavy atom. The van der Waals surface area contributed by atoms with E-state index in [1.807, 2.05) is 11.3 Å². The van der Waals surface area contributed by atoms with E-state index in [9.17, 15) is 4.79 Å². The van der Waals surface area contributed by atoms with Gasteiger partial charge in [-0.25, -0.2) is 0 Å². The van der Waals surface area contributed by atoms with Crippen LogP contribution >= 0.6 is 11.3 Å². The van der Waals surface area contributed by atoms with Crippen LogP contribution in [0.25, 0.3) is 0 Å². The highest BCUT2D eigenvalue weighted by molar-refractivity contribution is 7.12. The van der Waals surface area contributed by atoms with Gasteiger partial charge >= 0.3 is 0 Å². The number of carbonyl (C=O) groups excluding carboxylic acids is 1. The molecule has 1 aromatic rings. The van der Waals surface area contributed by atoms with E-state index in [1.54, 1.807) is 0 Å². The summed E-state index contributed by atoms with van der Waals surface area (Å²) in [6, 6.07) is 4.34. The van der Waals surface area contributed by atoms with Crippen LogP contribution in [0, 0.1) is 18.8 Å². The number of hydrogen-bond acceptors (Lipinski definition) is 3. The zero-order chi connectivity index (χ0) is 13.9. The third-order valence-corrected chi connectivity index (χ3v) is 6.14. The zero-order valence-corrected chi connectivity index (χ0v) is 13.0. The molecule has 3 aliphatic rings. The fraction of sp³-hybridized carbons (Fsp3) is 0.688. The number of thiophene rings is 1. The van der Waals surface area contributed by atoms with Gasteiger partial charge < -0.3 is 4.90 Å². The van der Waals surface area contributed by atoms with E-state index < -0.39 is 0 Å². The van der Waals surface area contributed by atoms with Crippen LogP contribution in [0.2, 0.25) is 0 Å². The van der Waals surface area contributed by atoms with E-state index in [2.05, 4.69) is 36.2 Å². The molecule has 0 radical (unpaired) electrons. The molecule has 1 saturated heterocycles. The minimum absolute atomic E-state index is 0.116. The predicted octanol–water partition coefficient (Wildman–Crippen LogP) is 3.07. The normalized spacial score (nSPS) is 29.2. The highest BCUT2D eigenvalue weighted by atomic mass is 32.1. The van der Waals surface area contributed by atoms with Crippen LogP contribution in [-0.2, 0) is 4.79 Å². The van der Waals surface area contributed by atoms with Crippen LogP contribution in [0.5, 0.6) is 0 Å². The Morgan fingerprint density at radius 1 is 1.45 bits per heavy atom. The van der Waals surface area contributed by atoms with Crippen molar-refractivity contribution in [2.45, 2.75) is 51.2 Å². The first-order valence-corrected chi connectivity index (χ1v) is 8.56. The Hall–Kier alpha value is -0.870. The summed E-state index contributed by atoms with van der Waals surface area (Å²) in [6.45, 7) is 5.36. The van der Waals surface area contributed by atoms with Crippen molar-refractivity contribution in [3.05, 3.63) is 21.9 Å². The van der Waals surface area contributed by atoms with E-state index in [0.717, 1.165) is 25.3 Å². The first kappa shape index (κ1) is 12.8. The number of hydrogen-bond donors (Lipinski definition) is 1. The van der Waals surface area contributed by atoms with Crippen molar-refractivity contribution in [2.24, 2.45) is 11.8 Å². The second-order valence-electron chi connectivity index (χ2n) is 6.85. The summed E-state index contributed by atoms with van der Waals surface area (Å²) in [4.78, 5) is 17.5. The molecule has 1 N–H and O–H groups in total. The number of amides is 1. The molecule has 108 valence electrons. The van der Waals surface area contributed by atoms with Gasteiger partial charge in [0.2, 0.25) is 5.91 Å². The SMILES string of the molecule is Cc1ccc(C2NC3(CC3)C(=O)N2CC(C)C2CC2)s1. The lowest BCUT2D eigenvalue weighted by molar-refractivity contribution is -0.131. The molecular formula is C16H22N2OS. The lowest BCUT2D eigenvalue weighted by Crippen LogP contribution is -2.35. The Labute approximate surface area is 124 Å². The Kier molecular flexibility index (Phi) is 2.77. The average Bonchev–Trinajstić information content (AvgIpc) is 3.32. The molecule has 4 heteroatoms. The molecule has 0 aromatic carbocycles. The first-order valence-electron chi connectivity index (χ1n) is 7.74. The molecule has 2 unspecified atom stereocenters. The molecule has 4 rings (SSSR count). The number of rotatable bonds is 4. The largest absolute Gasteiger partial charge is 0.320 e. The maximum Gasteiger partial charge on any atom is 0.244 e. The molecule has 20 heavy (non-hydrogen) atoms. The Morgan fingerprint density at radius 3 is 2.75 bits per heavy atom. The van der Waals surface area contributed by atoms with Gasteiger partial charge in [0, 0.05) is 16.3 Å². The van der Waals surface area contributed by atoms with Crippen molar-refractivity contribution in [1.29, 1.82) is 0 Å². The van der Waals surface area contributed by atoms with Gasteiger partial charge in [0.1, 0.15) is 11.7 Å². The summed E-state index contributed by atoms with van der Waals surface area (Å²) in [5.41, 5.74) is -0.203. The standard InChI is InChI=1S/C16H22N2OS/c1-10(12-4-5-12)9-18-14(13-6-3-11(2)20-13)17-16(7-8-16)15(18)19/h3,6,10,12,14,17H,4-5,7-9H2,1-2H3. The molecule has 1 spiro atoms. The highest BCUT2D eigenvalue weighted by Crippen LogP contribution is 2.48. The fourth-order valence-electron chi connectivity index (χ4n) is 3.41. The molecule has 3 nitrogen and oxygen atoms in total. The first-order chi connectivity index (χ1) is 9.59. The Balaban J connectivity index is 1.59. The van der Waals surface area contributed by atoms with Crippen LogP contribution in [0.15, 0.2) is 12.1 Å². The lowest BCUT2D eigenvalue weighted by atomic mass is 10.1. The molecule has 2 heterocycles. The van der Waals surface area contributed by atoms with Crippen LogP contribution in [0.1, 0.15) is 48.5 Å². The van der Waals surface area contributed by atoms with E-state index >= 15 is 0 Å². The second-order valence-corrected chi connectivity index (χ2v) is 8.17. The van der Waals surface area contributed by atoms with Gasteiger partial charge in [-0.1, -0.05) is 6.92 Å². The molecule has 2 saturated carbocycles. The smallest absolute Gasteiger partial charge is 0.244 e. The Bertz CT molecular complexity index is 544. The third-order valence-electron chi connectivity index (χ3n) is 5.09. The van der Waals surface area contributed by atoms with Gasteiger partial charge in [0.05, 0.1) is 0 Å². The summed E-state index contributed by atoms with van der Waals surface area (Å²) in [6.07, 6.45) is 4.85. The third kappa shape index (κ3) is 2.01. The van der Waals surface area contributed by atoms with Gasteiger partial charge in [0.25, 0.3) is 0 Å². The van der Waals surface area contributed by atoms with Crippen molar-refractivity contribution in [3.8, 4) is 0 Å². The van der Waals surface area contributed by atoms with Crippen LogP contribution < -0.4 is 5.32 Å². The molecule has 1 aliphatic heterocycles. The monoisotopic (exact) mass is 290 g/mol. The van der Waals surface area contributed by atoms with Gasteiger partial charge in [-0.05, 0) is 56.6 Å². The second kappa shape index (κ2) is 4.31. The summed E-state index contributed by atoms with van der Waals surface area (Å²) < 4.78 is 0. The van der Waals surface area contributed by atoms with Crippen molar-refractivity contribution < 1.29 is 4.79 Å². The van der Waals surface area contributed by atoms with Gasteiger partial charge in [0.15, 0.2) is 0 Å².